The molecule has 0 saturated heterocycles. The van der Waals surface area contributed by atoms with Crippen molar-refractivity contribution in [1.29, 1.82) is 0 Å². The zero-order valence-electron chi connectivity index (χ0n) is 22.4. The van der Waals surface area contributed by atoms with Gasteiger partial charge in [0.2, 0.25) is 0 Å². The van der Waals surface area contributed by atoms with Gasteiger partial charge in [0.1, 0.15) is 0 Å². The molecule has 1 aliphatic carbocycles. The van der Waals surface area contributed by atoms with Gasteiger partial charge in [-0.2, -0.15) is 0 Å². The highest BCUT2D eigenvalue weighted by Gasteiger charge is 2.20. The molecule has 0 N–H and O–H groups in total. The van der Waals surface area contributed by atoms with Gasteiger partial charge >= 0.3 is 0 Å². The minimum Gasteiger partial charge on any atom is -0.0979 e. The summed E-state index contributed by atoms with van der Waals surface area (Å²) in [4.78, 5) is 0. The van der Waals surface area contributed by atoms with E-state index in [1.54, 1.807) is 0 Å². The van der Waals surface area contributed by atoms with Crippen LogP contribution in [-0.4, -0.2) is 0 Å². The Hall–Kier alpha value is -2.44. The van der Waals surface area contributed by atoms with Crippen LogP contribution in [0.15, 0.2) is 48.5 Å². The Bertz CT molecular complexity index is 947. The smallest absolute Gasteiger partial charge is 0.0249 e. The van der Waals surface area contributed by atoms with Crippen LogP contribution in [-0.2, 0) is 6.42 Å². The highest BCUT2D eigenvalue weighted by molar-refractivity contribution is 5.46. The molecule has 1 aliphatic rings. The van der Waals surface area contributed by atoms with E-state index in [1.165, 1.54) is 95.5 Å². The number of rotatable bonds is 11. The number of benzene rings is 2. The van der Waals surface area contributed by atoms with Crippen LogP contribution < -0.4 is 0 Å². The Morgan fingerprint density at radius 1 is 0.571 bits per heavy atom. The van der Waals surface area contributed by atoms with Gasteiger partial charge in [-0.25, -0.2) is 0 Å². The molecular formula is C35H46. The van der Waals surface area contributed by atoms with Crippen molar-refractivity contribution < 1.29 is 0 Å². The fourth-order valence-electron chi connectivity index (χ4n) is 5.20. The van der Waals surface area contributed by atoms with Crippen molar-refractivity contribution in [3.63, 3.8) is 0 Å². The lowest BCUT2D eigenvalue weighted by molar-refractivity contribution is 0.249. The van der Waals surface area contributed by atoms with E-state index in [9.17, 15) is 0 Å². The average molecular weight is 467 g/mol. The molecule has 0 atom stereocenters. The molecule has 0 aromatic heterocycles. The van der Waals surface area contributed by atoms with Crippen LogP contribution in [0.4, 0.5) is 0 Å². The number of unbranched alkanes of at least 4 members (excludes halogenated alkanes) is 6. The maximum atomic E-state index is 3.32. The second kappa shape index (κ2) is 16.3. The van der Waals surface area contributed by atoms with Crippen molar-refractivity contribution in [2.75, 3.05) is 0 Å². The van der Waals surface area contributed by atoms with Gasteiger partial charge in [0.05, 0.1) is 0 Å². The van der Waals surface area contributed by atoms with E-state index < -0.39 is 0 Å². The molecule has 0 heterocycles. The monoisotopic (exact) mass is 466 g/mol. The average Bonchev–Trinajstić information content (AvgIpc) is 2.90. The van der Waals surface area contributed by atoms with Crippen molar-refractivity contribution in [3.05, 3.63) is 70.8 Å². The summed E-state index contributed by atoms with van der Waals surface area (Å²) in [6, 6.07) is 17.3. The largest absolute Gasteiger partial charge is 0.0979 e. The molecule has 0 bridgehead atoms. The summed E-state index contributed by atoms with van der Waals surface area (Å²) in [6.07, 6.45) is 20.2. The number of hydrogen-bond donors (Lipinski definition) is 0. The lowest BCUT2D eigenvalue weighted by Crippen LogP contribution is -2.15. The zero-order chi connectivity index (χ0) is 24.6. The first-order valence-electron chi connectivity index (χ1n) is 14.5. The predicted molar refractivity (Wildman–Crippen MR) is 152 cm³/mol. The molecular weight excluding hydrogens is 420 g/mol. The first kappa shape index (κ1) is 27.2. The molecule has 0 amide bonds. The van der Waals surface area contributed by atoms with Crippen LogP contribution in [0.2, 0.25) is 0 Å². The normalized spacial score (nSPS) is 17.2. The van der Waals surface area contributed by atoms with Crippen LogP contribution in [0.5, 0.6) is 0 Å². The lowest BCUT2D eigenvalue weighted by atomic mass is 9.78. The second-order valence-corrected chi connectivity index (χ2v) is 10.6. The second-order valence-electron chi connectivity index (χ2n) is 10.6. The highest BCUT2D eigenvalue weighted by atomic mass is 14.3. The Morgan fingerprint density at radius 3 is 1.69 bits per heavy atom. The fourth-order valence-corrected chi connectivity index (χ4v) is 5.20. The molecule has 0 unspecified atom stereocenters. The Morgan fingerprint density at radius 2 is 1.09 bits per heavy atom. The molecule has 0 aliphatic heterocycles. The Balaban J connectivity index is 1.38. The summed E-state index contributed by atoms with van der Waals surface area (Å²) in [5.74, 6) is 15.2. The molecule has 186 valence electrons. The molecule has 0 radical (unpaired) electrons. The first-order valence-corrected chi connectivity index (χ1v) is 14.5. The molecule has 0 nitrogen and oxygen atoms in total. The molecule has 0 spiro atoms. The van der Waals surface area contributed by atoms with E-state index in [2.05, 4.69) is 86.1 Å². The topological polar surface area (TPSA) is 0 Å². The standard InChI is InChI=1S/C35H46/c1-3-5-7-8-9-11-13-31-16-20-33(21-17-31)23-25-35-28-26-34(27-29-35)24-22-32-18-14-30(15-19-32)12-10-6-4-2/h16-17,20-21,26-30,32H,3-10,12,14-15,18-19,22,24H2,1-2H3/t30-,32-. The lowest BCUT2D eigenvalue weighted by Gasteiger charge is -2.28. The van der Waals surface area contributed by atoms with Gasteiger partial charge in [-0.05, 0) is 73.1 Å². The molecule has 2 aromatic rings. The molecule has 35 heavy (non-hydrogen) atoms. The maximum Gasteiger partial charge on any atom is 0.0249 e. The number of hydrogen-bond acceptors (Lipinski definition) is 0. The van der Waals surface area contributed by atoms with Crippen LogP contribution in [0, 0.1) is 35.5 Å². The molecule has 1 fully saturated rings. The van der Waals surface area contributed by atoms with Crippen LogP contribution in [0.3, 0.4) is 0 Å². The van der Waals surface area contributed by atoms with Gasteiger partial charge in [0.25, 0.3) is 0 Å². The third kappa shape index (κ3) is 10.8. The Labute approximate surface area is 216 Å². The van der Waals surface area contributed by atoms with Crippen molar-refractivity contribution in [2.45, 2.75) is 110 Å². The fraction of sp³-hybridized carbons (Fsp3) is 0.543. The molecule has 3 rings (SSSR count). The molecule has 2 aromatic carbocycles. The van der Waals surface area contributed by atoms with Crippen molar-refractivity contribution in [3.8, 4) is 23.7 Å². The van der Waals surface area contributed by atoms with Gasteiger partial charge in [-0.1, -0.05) is 120 Å². The zero-order valence-corrected chi connectivity index (χ0v) is 22.4. The summed E-state index contributed by atoms with van der Waals surface area (Å²) in [5.41, 5.74) is 4.68. The van der Waals surface area contributed by atoms with E-state index in [1.807, 2.05) is 0 Å². The van der Waals surface area contributed by atoms with E-state index in [-0.39, 0.29) is 0 Å². The van der Waals surface area contributed by atoms with Crippen molar-refractivity contribution in [1.82, 2.24) is 0 Å². The first-order chi connectivity index (χ1) is 17.3. The van der Waals surface area contributed by atoms with E-state index >= 15 is 0 Å². The van der Waals surface area contributed by atoms with Crippen LogP contribution in [0.1, 0.15) is 126 Å². The van der Waals surface area contributed by atoms with Gasteiger partial charge in [0, 0.05) is 23.1 Å². The minimum atomic E-state index is 0.936. The van der Waals surface area contributed by atoms with E-state index in [4.69, 9.17) is 0 Å². The van der Waals surface area contributed by atoms with E-state index in [0.29, 0.717) is 0 Å². The quantitative estimate of drug-likeness (QED) is 0.228. The van der Waals surface area contributed by atoms with Gasteiger partial charge in [-0.15, -0.1) is 0 Å². The van der Waals surface area contributed by atoms with Gasteiger partial charge in [-0.3, -0.25) is 0 Å². The highest BCUT2D eigenvalue weighted by Crippen LogP contribution is 2.34. The SMILES string of the molecule is CCCCCCC#Cc1ccc(C#Cc2ccc(CC[C@H]3CC[C@H](CCCCC)CC3)cc2)cc1. The summed E-state index contributed by atoms with van der Waals surface area (Å²) < 4.78 is 0. The maximum absolute atomic E-state index is 3.32. The number of aryl methyl sites for hydroxylation is 1. The third-order valence-electron chi connectivity index (χ3n) is 7.60. The summed E-state index contributed by atoms with van der Waals surface area (Å²) in [6.45, 7) is 4.55. The summed E-state index contributed by atoms with van der Waals surface area (Å²) in [5, 5.41) is 0. The van der Waals surface area contributed by atoms with Gasteiger partial charge < -0.3 is 0 Å². The van der Waals surface area contributed by atoms with Crippen molar-refractivity contribution >= 4 is 0 Å². The van der Waals surface area contributed by atoms with Crippen molar-refractivity contribution in [2.24, 2.45) is 11.8 Å². The van der Waals surface area contributed by atoms with E-state index in [0.717, 1.165) is 34.9 Å². The summed E-state index contributed by atoms with van der Waals surface area (Å²) >= 11 is 0. The predicted octanol–water partition coefficient (Wildman–Crippen LogP) is 9.73. The molecule has 0 heteroatoms. The van der Waals surface area contributed by atoms with Gasteiger partial charge in [0.15, 0.2) is 0 Å². The molecule has 1 saturated carbocycles. The van der Waals surface area contributed by atoms with Crippen LogP contribution in [0.25, 0.3) is 0 Å². The summed E-state index contributed by atoms with van der Waals surface area (Å²) in [7, 11) is 0. The third-order valence-corrected chi connectivity index (χ3v) is 7.60. The Kier molecular flexibility index (Phi) is 12.6. The van der Waals surface area contributed by atoms with Crippen LogP contribution >= 0.6 is 0 Å². The minimum absolute atomic E-state index is 0.936.